The molecule has 0 saturated carbocycles. The van der Waals surface area contributed by atoms with Crippen molar-refractivity contribution in [3.63, 3.8) is 0 Å². The molecule has 1 aromatic rings. The van der Waals surface area contributed by atoms with E-state index in [0.717, 1.165) is 5.92 Å². The van der Waals surface area contributed by atoms with E-state index in [0.29, 0.717) is 12.0 Å². The van der Waals surface area contributed by atoms with E-state index in [4.69, 9.17) is 0 Å². The van der Waals surface area contributed by atoms with Crippen LogP contribution in [0.15, 0.2) is 24.5 Å². The summed E-state index contributed by atoms with van der Waals surface area (Å²) in [5, 5.41) is 3.41. The van der Waals surface area contributed by atoms with E-state index < -0.39 is 0 Å². The molecule has 0 amide bonds. The van der Waals surface area contributed by atoms with Gasteiger partial charge in [0.15, 0.2) is 0 Å². The largest absolute Gasteiger partial charge is 0.316 e. The quantitative estimate of drug-likeness (QED) is 0.801. The van der Waals surface area contributed by atoms with Crippen LogP contribution in [0.2, 0.25) is 0 Å². The van der Waals surface area contributed by atoms with E-state index in [-0.39, 0.29) is 0 Å². The number of hydrogen-bond donors (Lipinski definition) is 1. The first-order chi connectivity index (χ1) is 7.15. The number of nitrogens with zero attached hydrogens (tertiary/aromatic N) is 1. The molecule has 0 spiro atoms. The van der Waals surface area contributed by atoms with Gasteiger partial charge in [-0.15, -0.1) is 0 Å². The number of aromatic nitrogens is 1. The Morgan fingerprint density at radius 1 is 1.20 bits per heavy atom. The number of rotatable bonds is 5. The van der Waals surface area contributed by atoms with Crippen molar-refractivity contribution < 1.29 is 0 Å². The lowest BCUT2D eigenvalue weighted by molar-refractivity contribution is 0.397. The summed E-state index contributed by atoms with van der Waals surface area (Å²) in [6, 6.07) is 4.76. The maximum absolute atomic E-state index is 4.05. The number of nitrogens with one attached hydrogen (secondary N) is 1. The van der Waals surface area contributed by atoms with Crippen molar-refractivity contribution in [3.05, 3.63) is 30.1 Å². The van der Waals surface area contributed by atoms with Crippen molar-refractivity contribution in [2.75, 3.05) is 7.05 Å². The summed E-state index contributed by atoms with van der Waals surface area (Å²) in [6.07, 6.45) is 4.95. The topological polar surface area (TPSA) is 24.9 Å². The standard InChI is InChI=1S/C13H22N2/c1-10(2)9-13(14-4)11(3)12-5-7-15-8-6-12/h5-8,10-11,13-14H,9H2,1-4H3. The zero-order valence-corrected chi connectivity index (χ0v) is 10.2. The Morgan fingerprint density at radius 2 is 1.80 bits per heavy atom. The molecule has 0 aliphatic carbocycles. The van der Waals surface area contributed by atoms with Crippen LogP contribution >= 0.6 is 0 Å². The lowest BCUT2D eigenvalue weighted by Gasteiger charge is -2.25. The van der Waals surface area contributed by atoms with Gasteiger partial charge in [0.1, 0.15) is 0 Å². The molecule has 2 atom stereocenters. The van der Waals surface area contributed by atoms with Crippen molar-refractivity contribution in [1.29, 1.82) is 0 Å². The second-order valence-corrected chi connectivity index (χ2v) is 4.59. The van der Waals surface area contributed by atoms with Crippen molar-refractivity contribution in [2.24, 2.45) is 5.92 Å². The molecule has 0 radical (unpaired) electrons. The molecule has 0 aliphatic rings. The number of pyridine rings is 1. The highest BCUT2D eigenvalue weighted by molar-refractivity contribution is 5.17. The predicted molar refractivity (Wildman–Crippen MR) is 65.0 cm³/mol. The first kappa shape index (κ1) is 12.2. The van der Waals surface area contributed by atoms with Crippen molar-refractivity contribution in [1.82, 2.24) is 10.3 Å². The van der Waals surface area contributed by atoms with E-state index in [9.17, 15) is 0 Å². The fourth-order valence-corrected chi connectivity index (χ4v) is 1.98. The fraction of sp³-hybridized carbons (Fsp3) is 0.615. The molecular formula is C13H22N2. The molecule has 84 valence electrons. The molecule has 0 bridgehead atoms. The van der Waals surface area contributed by atoms with Gasteiger partial charge >= 0.3 is 0 Å². The van der Waals surface area contributed by atoms with Crippen LogP contribution in [0.3, 0.4) is 0 Å². The molecule has 1 heterocycles. The van der Waals surface area contributed by atoms with Gasteiger partial charge in [-0.1, -0.05) is 20.8 Å². The van der Waals surface area contributed by atoms with Crippen LogP contribution < -0.4 is 5.32 Å². The molecule has 2 nitrogen and oxygen atoms in total. The average Bonchev–Trinajstić information content (AvgIpc) is 2.26. The zero-order chi connectivity index (χ0) is 11.3. The first-order valence-corrected chi connectivity index (χ1v) is 5.72. The summed E-state index contributed by atoms with van der Waals surface area (Å²) in [5.41, 5.74) is 1.37. The maximum atomic E-state index is 4.05. The van der Waals surface area contributed by atoms with Gasteiger partial charge in [-0.25, -0.2) is 0 Å². The van der Waals surface area contributed by atoms with Crippen LogP contribution in [0.25, 0.3) is 0 Å². The lowest BCUT2D eigenvalue weighted by Crippen LogP contribution is -2.32. The van der Waals surface area contributed by atoms with Crippen LogP contribution in [-0.4, -0.2) is 18.1 Å². The minimum absolute atomic E-state index is 0.542. The van der Waals surface area contributed by atoms with Crippen LogP contribution in [-0.2, 0) is 0 Å². The maximum Gasteiger partial charge on any atom is 0.0270 e. The lowest BCUT2D eigenvalue weighted by atomic mass is 9.88. The van der Waals surface area contributed by atoms with Gasteiger partial charge in [0, 0.05) is 18.4 Å². The summed E-state index contributed by atoms with van der Waals surface area (Å²) < 4.78 is 0. The van der Waals surface area contributed by atoms with Gasteiger partial charge in [-0.2, -0.15) is 0 Å². The van der Waals surface area contributed by atoms with Crippen LogP contribution in [0.5, 0.6) is 0 Å². The molecule has 0 fully saturated rings. The van der Waals surface area contributed by atoms with E-state index in [2.05, 4.69) is 43.2 Å². The molecule has 2 heteroatoms. The second-order valence-electron chi connectivity index (χ2n) is 4.59. The predicted octanol–water partition coefficient (Wildman–Crippen LogP) is 2.82. The van der Waals surface area contributed by atoms with E-state index >= 15 is 0 Å². The summed E-state index contributed by atoms with van der Waals surface area (Å²) in [7, 11) is 2.05. The van der Waals surface area contributed by atoms with Gasteiger partial charge in [0.05, 0.1) is 0 Å². The molecule has 0 saturated heterocycles. The molecule has 2 unspecified atom stereocenters. The van der Waals surface area contributed by atoms with Gasteiger partial charge in [-0.05, 0) is 43.0 Å². The summed E-state index contributed by atoms with van der Waals surface area (Å²) >= 11 is 0. The number of likely N-dealkylation sites (N-methyl/N-ethyl adjacent to an activating group) is 1. The van der Waals surface area contributed by atoms with E-state index in [1.165, 1.54) is 12.0 Å². The Bertz CT molecular complexity index is 269. The Kier molecular flexibility index (Phi) is 4.76. The summed E-state index contributed by atoms with van der Waals surface area (Å²) in [4.78, 5) is 4.05. The smallest absolute Gasteiger partial charge is 0.0270 e. The van der Waals surface area contributed by atoms with Crippen LogP contribution in [0.4, 0.5) is 0 Å². The molecule has 15 heavy (non-hydrogen) atoms. The molecule has 0 aliphatic heterocycles. The van der Waals surface area contributed by atoms with Gasteiger partial charge in [0.25, 0.3) is 0 Å². The highest BCUT2D eigenvalue weighted by Crippen LogP contribution is 2.22. The normalized spacial score (nSPS) is 15.3. The molecule has 1 aromatic heterocycles. The Balaban J connectivity index is 2.69. The fourth-order valence-electron chi connectivity index (χ4n) is 1.98. The van der Waals surface area contributed by atoms with E-state index in [1.807, 2.05) is 19.4 Å². The monoisotopic (exact) mass is 206 g/mol. The Hall–Kier alpha value is -0.890. The highest BCUT2D eigenvalue weighted by Gasteiger charge is 2.17. The van der Waals surface area contributed by atoms with Crippen molar-refractivity contribution >= 4 is 0 Å². The third-order valence-corrected chi connectivity index (χ3v) is 2.93. The summed E-state index contributed by atoms with van der Waals surface area (Å²) in [6.45, 7) is 6.81. The van der Waals surface area contributed by atoms with Gasteiger partial charge in [0.2, 0.25) is 0 Å². The molecule has 0 aromatic carbocycles. The van der Waals surface area contributed by atoms with Crippen molar-refractivity contribution in [2.45, 2.75) is 39.2 Å². The molecule has 1 N–H and O–H groups in total. The number of hydrogen-bond acceptors (Lipinski definition) is 2. The Morgan fingerprint density at radius 3 is 2.27 bits per heavy atom. The third kappa shape index (κ3) is 3.63. The summed E-state index contributed by atoms with van der Waals surface area (Å²) in [5.74, 6) is 1.27. The van der Waals surface area contributed by atoms with Gasteiger partial charge < -0.3 is 5.32 Å². The Labute approximate surface area is 93.1 Å². The van der Waals surface area contributed by atoms with Crippen LogP contribution in [0, 0.1) is 5.92 Å². The van der Waals surface area contributed by atoms with Gasteiger partial charge in [-0.3, -0.25) is 4.98 Å². The first-order valence-electron chi connectivity index (χ1n) is 5.72. The molecule has 1 rings (SSSR count). The minimum Gasteiger partial charge on any atom is -0.316 e. The van der Waals surface area contributed by atoms with E-state index in [1.54, 1.807) is 0 Å². The van der Waals surface area contributed by atoms with Crippen molar-refractivity contribution in [3.8, 4) is 0 Å². The third-order valence-electron chi connectivity index (χ3n) is 2.93. The SMILES string of the molecule is CNC(CC(C)C)C(C)c1ccncc1. The second kappa shape index (κ2) is 5.86. The van der Waals surface area contributed by atoms with Crippen LogP contribution in [0.1, 0.15) is 38.7 Å². The molecular weight excluding hydrogens is 184 g/mol. The minimum atomic E-state index is 0.542. The average molecular weight is 206 g/mol. The zero-order valence-electron chi connectivity index (χ0n) is 10.2. The highest BCUT2D eigenvalue weighted by atomic mass is 14.9.